The van der Waals surface area contributed by atoms with E-state index in [9.17, 15) is 14.4 Å². The number of Topliss-reactive ketones (excluding diaryl/α,β-unsaturated/α-hetero) is 1. The normalized spacial score (nSPS) is 43.5. The Labute approximate surface area is 185 Å². The Morgan fingerprint density at radius 3 is 2.19 bits per heavy atom. The predicted molar refractivity (Wildman–Crippen MR) is 117 cm³/mol. The Morgan fingerprint density at radius 2 is 1.58 bits per heavy atom. The van der Waals surface area contributed by atoms with Crippen molar-refractivity contribution in [3.8, 4) is 0 Å². The molecule has 0 saturated heterocycles. The first-order chi connectivity index (χ1) is 14.4. The van der Waals surface area contributed by atoms with Gasteiger partial charge in [-0.3, -0.25) is 14.4 Å². The van der Waals surface area contributed by atoms with Gasteiger partial charge < -0.3 is 9.47 Å². The third kappa shape index (κ3) is 3.14. The van der Waals surface area contributed by atoms with Crippen molar-refractivity contribution in [3.05, 3.63) is 23.3 Å². The first-order valence-corrected chi connectivity index (χ1v) is 11.7. The van der Waals surface area contributed by atoms with Crippen molar-refractivity contribution in [2.75, 3.05) is 0 Å². The molecule has 0 aromatic heterocycles. The maximum Gasteiger partial charge on any atom is 0.303 e. The minimum absolute atomic E-state index is 0.0173. The Balaban J connectivity index is 1.73. The number of rotatable bonds is 3. The molecule has 0 amide bonds. The first-order valence-electron chi connectivity index (χ1n) is 11.7. The Kier molecular flexibility index (Phi) is 5.26. The lowest BCUT2D eigenvalue weighted by Gasteiger charge is -2.58. The molecule has 5 nitrogen and oxygen atoms in total. The second-order valence-electron chi connectivity index (χ2n) is 10.8. The van der Waals surface area contributed by atoms with Crippen LogP contribution in [-0.2, 0) is 23.9 Å². The summed E-state index contributed by atoms with van der Waals surface area (Å²) in [6.07, 6.45) is 9.69. The maximum atomic E-state index is 12.9. The fourth-order valence-corrected chi connectivity index (χ4v) is 7.92. The van der Waals surface area contributed by atoms with Crippen molar-refractivity contribution in [3.63, 3.8) is 0 Å². The van der Waals surface area contributed by atoms with Gasteiger partial charge in [0.25, 0.3) is 0 Å². The minimum Gasteiger partial charge on any atom is -0.458 e. The monoisotopic (exact) mass is 428 g/mol. The maximum absolute atomic E-state index is 12.9. The summed E-state index contributed by atoms with van der Waals surface area (Å²) in [4.78, 5) is 36.3. The van der Waals surface area contributed by atoms with E-state index in [0.717, 1.165) is 32.1 Å². The van der Waals surface area contributed by atoms with Gasteiger partial charge in [-0.1, -0.05) is 25.5 Å². The smallest absolute Gasteiger partial charge is 0.303 e. The average Bonchev–Trinajstić information content (AvgIpc) is 2.96. The summed E-state index contributed by atoms with van der Waals surface area (Å²) < 4.78 is 11.4. The van der Waals surface area contributed by atoms with E-state index < -0.39 is 5.60 Å². The summed E-state index contributed by atoms with van der Waals surface area (Å²) in [5.41, 5.74) is 1.29. The molecule has 170 valence electrons. The fraction of sp³-hybridized carbons (Fsp3) is 0.731. The van der Waals surface area contributed by atoms with E-state index in [2.05, 4.69) is 32.9 Å². The fourth-order valence-electron chi connectivity index (χ4n) is 7.92. The molecule has 31 heavy (non-hydrogen) atoms. The zero-order chi connectivity index (χ0) is 22.8. The van der Waals surface area contributed by atoms with E-state index in [1.165, 1.54) is 25.0 Å². The van der Waals surface area contributed by atoms with Crippen LogP contribution < -0.4 is 0 Å². The van der Waals surface area contributed by atoms with Crippen molar-refractivity contribution in [1.29, 1.82) is 0 Å². The molecule has 0 unspecified atom stereocenters. The predicted octanol–water partition coefficient (Wildman–Crippen LogP) is 4.94. The van der Waals surface area contributed by atoms with Crippen LogP contribution in [0.1, 0.15) is 80.1 Å². The molecular weight excluding hydrogens is 392 g/mol. The van der Waals surface area contributed by atoms with Gasteiger partial charge in [0.15, 0.2) is 11.4 Å². The molecule has 0 spiro atoms. The summed E-state index contributed by atoms with van der Waals surface area (Å²) in [6, 6.07) is 0. The number of carbonyl (C=O) groups excluding carboxylic acids is 3. The lowest BCUT2D eigenvalue weighted by Crippen LogP contribution is -2.58. The topological polar surface area (TPSA) is 69.7 Å². The number of esters is 2. The molecule has 4 aliphatic rings. The number of ketones is 1. The number of ether oxygens (including phenoxy) is 2. The van der Waals surface area contributed by atoms with E-state index in [-0.39, 0.29) is 34.7 Å². The van der Waals surface area contributed by atoms with Crippen LogP contribution in [-0.4, -0.2) is 29.4 Å². The van der Waals surface area contributed by atoms with Gasteiger partial charge in [0.05, 0.1) is 0 Å². The first kappa shape index (κ1) is 22.3. The van der Waals surface area contributed by atoms with E-state index in [0.29, 0.717) is 24.2 Å². The summed E-state index contributed by atoms with van der Waals surface area (Å²) >= 11 is 0. The standard InChI is InChI=1S/C26H36O5/c1-15-13-20-21(24(5)10-7-19(14-23(15)24)30-17(3)28)8-11-25(6)22(20)9-12-26(25,16(2)27)31-18(4)29/h13-14,19-22H,7-12H2,1-6H3/t19-,20-,21+,22+,24+,25-,26-/m0/s1. The zero-order valence-electron chi connectivity index (χ0n) is 19.7. The van der Waals surface area contributed by atoms with E-state index in [1.54, 1.807) is 6.92 Å². The van der Waals surface area contributed by atoms with E-state index in [1.807, 2.05) is 0 Å². The van der Waals surface area contributed by atoms with Gasteiger partial charge in [-0.05, 0) is 87.2 Å². The highest BCUT2D eigenvalue weighted by atomic mass is 16.6. The van der Waals surface area contributed by atoms with Crippen molar-refractivity contribution in [2.24, 2.45) is 28.6 Å². The highest BCUT2D eigenvalue weighted by Gasteiger charge is 2.67. The third-order valence-electron chi connectivity index (χ3n) is 9.26. The molecule has 5 heteroatoms. The van der Waals surface area contributed by atoms with Crippen LogP contribution in [0.4, 0.5) is 0 Å². The van der Waals surface area contributed by atoms with Gasteiger partial charge in [-0.2, -0.15) is 0 Å². The van der Waals surface area contributed by atoms with Gasteiger partial charge in [0.2, 0.25) is 0 Å². The molecule has 7 atom stereocenters. The number of hydrogen-bond acceptors (Lipinski definition) is 5. The minimum atomic E-state index is -1.000. The lowest BCUT2D eigenvalue weighted by atomic mass is 9.47. The molecule has 0 heterocycles. The largest absolute Gasteiger partial charge is 0.458 e. The number of carbonyl (C=O) groups is 3. The highest BCUT2D eigenvalue weighted by molar-refractivity contribution is 5.89. The number of hydrogen-bond donors (Lipinski definition) is 0. The third-order valence-corrected chi connectivity index (χ3v) is 9.26. The Morgan fingerprint density at radius 1 is 0.903 bits per heavy atom. The number of fused-ring (bicyclic) bond motifs is 5. The summed E-state index contributed by atoms with van der Waals surface area (Å²) in [6.45, 7) is 11.2. The van der Waals surface area contributed by atoms with E-state index >= 15 is 0 Å². The van der Waals surface area contributed by atoms with Gasteiger partial charge >= 0.3 is 11.9 Å². The second-order valence-corrected chi connectivity index (χ2v) is 10.8. The average molecular weight is 429 g/mol. The molecule has 2 fully saturated rings. The molecule has 0 aromatic rings. The van der Waals surface area contributed by atoms with Gasteiger partial charge in [0, 0.05) is 19.3 Å². The second kappa shape index (κ2) is 7.31. The SMILES string of the molecule is CC(=O)O[C@@H]1C=C2C(C)=C[C@H]3[C@@H](CC[C@@]4(C)[C@@H]3CC[C@]4(OC(C)=O)C(C)=O)[C@@]2(C)CC1. The Bertz CT molecular complexity index is 884. The summed E-state index contributed by atoms with van der Waals surface area (Å²) in [7, 11) is 0. The van der Waals surface area contributed by atoms with Crippen molar-refractivity contribution in [1.82, 2.24) is 0 Å². The van der Waals surface area contributed by atoms with Crippen LogP contribution in [0.3, 0.4) is 0 Å². The van der Waals surface area contributed by atoms with Gasteiger partial charge in [0.1, 0.15) is 6.10 Å². The van der Waals surface area contributed by atoms with Crippen LogP contribution in [0.15, 0.2) is 23.3 Å². The number of allylic oxidation sites excluding steroid dienone is 3. The van der Waals surface area contributed by atoms with E-state index in [4.69, 9.17) is 9.47 Å². The molecule has 2 saturated carbocycles. The molecule has 4 aliphatic carbocycles. The Hall–Kier alpha value is -1.91. The molecule has 4 rings (SSSR count). The molecule has 0 bridgehead atoms. The lowest BCUT2D eigenvalue weighted by molar-refractivity contribution is -0.185. The summed E-state index contributed by atoms with van der Waals surface area (Å²) in [5.74, 6) is 0.550. The van der Waals surface area contributed by atoms with Crippen LogP contribution >= 0.6 is 0 Å². The quantitative estimate of drug-likeness (QED) is 0.596. The highest BCUT2D eigenvalue weighted by Crippen LogP contribution is 2.68. The van der Waals surface area contributed by atoms with Crippen molar-refractivity contribution in [2.45, 2.75) is 91.8 Å². The molecule has 0 aliphatic heterocycles. The van der Waals surface area contributed by atoms with Crippen molar-refractivity contribution >= 4 is 17.7 Å². The molecule has 0 aromatic carbocycles. The van der Waals surface area contributed by atoms with Gasteiger partial charge in [-0.25, -0.2) is 0 Å². The molecule has 0 radical (unpaired) electrons. The van der Waals surface area contributed by atoms with Gasteiger partial charge in [-0.15, -0.1) is 0 Å². The van der Waals surface area contributed by atoms with Crippen molar-refractivity contribution < 1.29 is 23.9 Å². The summed E-state index contributed by atoms with van der Waals surface area (Å²) in [5, 5.41) is 0. The molecule has 0 N–H and O–H groups in total. The zero-order valence-corrected chi connectivity index (χ0v) is 19.7. The van der Waals surface area contributed by atoms with Crippen LogP contribution in [0.2, 0.25) is 0 Å². The van der Waals surface area contributed by atoms with Crippen LogP contribution in [0.5, 0.6) is 0 Å². The van der Waals surface area contributed by atoms with Crippen LogP contribution in [0, 0.1) is 28.6 Å². The molecular formula is C26H36O5. The van der Waals surface area contributed by atoms with Crippen LogP contribution in [0.25, 0.3) is 0 Å².